The molecular formula is C16H21N3. The van der Waals surface area contributed by atoms with E-state index in [1.54, 1.807) is 0 Å². The smallest absolute Gasteiger partial charge is 0.0702 e. The molecular weight excluding hydrogens is 234 g/mol. The second-order valence-electron chi connectivity index (χ2n) is 5.57. The topological polar surface area (TPSA) is 42.2 Å². The quantitative estimate of drug-likeness (QED) is 0.915. The molecule has 100 valence electrons. The fourth-order valence-corrected chi connectivity index (χ4v) is 3.12. The van der Waals surface area contributed by atoms with Crippen LogP contribution in [-0.4, -0.2) is 29.0 Å². The standard InChI is InChI=1S/C16H21N3/c1-12-6-8-19(16(12)10-17)11-13-4-5-15-14(9-13)3-2-7-18-15/h2-5,7,9,12,16H,6,8,10-11,17H2,1H3. The summed E-state index contributed by atoms with van der Waals surface area (Å²) < 4.78 is 0. The summed E-state index contributed by atoms with van der Waals surface area (Å²) in [5.41, 5.74) is 8.33. The number of nitrogens with zero attached hydrogens (tertiary/aromatic N) is 2. The number of hydrogen-bond donors (Lipinski definition) is 1. The minimum absolute atomic E-state index is 0.532. The molecule has 0 aliphatic carbocycles. The van der Waals surface area contributed by atoms with Gasteiger partial charge in [0.05, 0.1) is 5.52 Å². The fraction of sp³-hybridized carbons (Fsp3) is 0.438. The van der Waals surface area contributed by atoms with Gasteiger partial charge in [0.1, 0.15) is 0 Å². The molecule has 1 fully saturated rings. The number of aromatic nitrogens is 1. The summed E-state index contributed by atoms with van der Waals surface area (Å²) in [7, 11) is 0. The molecule has 1 aliphatic heterocycles. The Hall–Kier alpha value is -1.45. The summed E-state index contributed by atoms with van der Waals surface area (Å²) in [4.78, 5) is 6.88. The van der Waals surface area contributed by atoms with E-state index in [0.29, 0.717) is 12.0 Å². The van der Waals surface area contributed by atoms with Gasteiger partial charge in [-0.15, -0.1) is 0 Å². The molecule has 2 aromatic rings. The van der Waals surface area contributed by atoms with E-state index in [2.05, 4.69) is 41.1 Å². The predicted octanol–water partition coefficient (Wildman–Crippen LogP) is 2.40. The molecule has 0 spiro atoms. The third kappa shape index (κ3) is 2.48. The van der Waals surface area contributed by atoms with Crippen molar-refractivity contribution in [3.8, 4) is 0 Å². The second-order valence-corrected chi connectivity index (χ2v) is 5.57. The van der Waals surface area contributed by atoms with Crippen molar-refractivity contribution < 1.29 is 0 Å². The lowest BCUT2D eigenvalue weighted by Crippen LogP contribution is -2.37. The van der Waals surface area contributed by atoms with Crippen LogP contribution >= 0.6 is 0 Å². The average molecular weight is 255 g/mol. The molecule has 0 amide bonds. The molecule has 1 aliphatic rings. The van der Waals surface area contributed by atoms with Crippen molar-refractivity contribution in [2.24, 2.45) is 11.7 Å². The molecule has 3 rings (SSSR count). The SMILES string of the molecule is CC1CCN(Cc2ccc3ncccc3c2)C1CN. The lowest BCUT2D eigenvalue weighted by atomic mass is 10.0. The Kier molecular flexibility index (Phi) is 3.49. The largest absolute Gasteiger partial charge is 0.329 e. The van der Waals surface area contributed by atoms with Crippen LogP contribution in [0.15, 0.2) is 36.5 Å². The first-order valence-electron chi connectivity index (χ1n) is 7.05. The Balaban J connectivity index is 1.81. The number of benzene rings is 1. The van der Waals surface area contributed by atoms with Gasteiger partial charge < -0.3 is 5.73 Å². The molecule has 2 unspecified atom stereocenters. The van der Waals surface area contributed by atoms with E-state index in [1.165, 1.54) is 17.4 Å². The van der Waals surface area contributed by atoms with Crippen molar-refractivity contribution in [2.45, 2.75) is 25.9 Å². The van der Waals surface area contributed by atoms with Crippen molar-refractivity contribution in [3.63, 3.8) is 0 Å². The van der Waals surface area contributed by atoms with Gasteiger partial charge in [-0.3, -0.25) is 9.88 Å². The van der Waals surface area contributed by atoms with Crippen LogP contribution in [0.1, 0.15) is 18.9 Å². The van der Waals surface area contributed by atoms with Crippen molar-refractivity contribution in [1.82, 2.24) is 9.88 Å². The minimum Gasteiger partial charge on any atom is -0.329 e. The molecule has 2 N–H and O–H groups in total. The molecule has 19 heavy (non-hydrogen) atoms. The van der Waals surface area contributed by atoms with Gasteiger partial charge in [0.15, 0.2) is 0 Å². The third-order valence-corrected chi connectivity index (χ3v) is 4.29. The summed E-state index contributed by atoms with van der Waals surface area (Å²) >= 11 is 0. The van der Waals surface area contributed by atoms with E-state index >= 15 is 0 Å². The predicted molar refractivity (Wildman–Crippen MR) is 78.8 cm³/mol. The lowest BCUT2D eigenvalue weighted by Gasteiger charge is -2.25. The monoisotopic (exact) mass is 255 g/mol. The van der Waals surface area contributed by atoms with E-state index < -0.39 is 0 Å². The van der Waals surface area contributed by atoms with Gasteiger partial charge in [0, 0.05) is 30.7 Å². The van der Waals surface area contributed by atoms with Crippen molar-refractivity contribution in [2.75, 3.05) is 13.1 Å². The first kappa shape index (κ1) is 12.6. The molecule has 0 bridgehead atoms. The number of hydrogen-bond acceptors (Lipinski definition) is 3. The second kappa shape index (κ2) is 5.27. The van der Waals surface area contributed by atoms with Crippen LogP contribution in [-0.2, 0) is 6.54 Å². The van der Waals surface area contributed by atoms with Crippen LogP contribution < -0.4 is 5.73 Å². The fourth-order valence-electron chi connectivity index (χ4n) is 3.12. The van der Waals surface area contributed by atoms with Crippen LogP contribution in [0.3, 0.4) is 0 Å². The zero-order valence-electron chi connectivity index (χ0n) is 11.4. The van der Waals surface area contributed by atoms with Crippen LogP contribution in [0.5, 0.6) is 0 Å². The van der Waals surface area contributed by atoms with Crippen LogP contribution in [0, 0.1) is 5.92 Å². The van der Waals surface area contributed by atoms with Gasteiger partial charge in [-0.05, 0) is 42.6 Å². The summed E-state index contributed by atoms with van der Waals surface area (Å²) in [5.74, 6) is 0.715. The first-order valence-corrected chi connectivity index (χ1v) is 7.05. The molecule has 1 aromatic carbocycles. The lowest BCUT2D eigenvalue weighted by molar-refractivity contribution is 0.228. The number of rotatable bonds is 3. The van der Waals surface area contributed by atoms with Crippen molar-refractivity contribution >= 4 is 10.9 Å². The van der Waals surface area contributed by atoms with Gasteiger partial charge >= 0.3 is 0 Å². The van der Waals surface area contributed by atoms with Crippen molar-refractivity contribution in [1.29, 1.82) is 0 Å². The molecule has 2 heterocycles. The Labute approximate surface area is 114 Å². The minimum atomic E-state index is 0.532. The highest BCUT2D eigenvalue weighted by Gasteiger charge is 2.29. The molecule has 0 radical (unpaired) electrons. The Morgan fingerprint density at radius 3 is 3.11 bits per heavy atom. The van der Waals surface area contributed by atoms with Gasteiger partial charge in [-0.1, -0.05) is 19.1 Å². The molecule has 1 aromatic heterocycles. The van der Waals surface area contributed by atoms with E-state index in [-0.39, 0.29) is 0 Å². The van der Waals surface area contributed by atoms with E-state index in [0.717, 1.165) is 25.2 Å². The number of likely N-dealkylation sites (tertiary alicyclic amines) is 1. The molecule has 3 nitrogen and oxygen atoms in total. The number of nitrogens with two attached hydrogens (primary N) is 1. The number of pyridine rings is 1. The van der Waals surface area contributed by atoms with Gasteiger partial charge in [-0.25, -0.2) is 0 Å². The highest BCUT2D eigenvalue weighted by Crippen LogP contribution is 2.25. The van der Waals surface area contributed by atoms with Gasteiger partial charge in [-0.2, -0.15) is 0 Å². The maximum atomic E-state index is 5.91. The summed E-state index contributed by atoms with van der Waals surface area (Å²) in [6.45, 7) is 5.23. The maximum absolute atomic E-state index is 5.91. The van der Waals surface area contributed by atoms with Crippen LogP contribution in [0.2, 0.25) is 0 Å². The normalized spacial score (nSPS) is 24.1. The zero-order valence-corrected chi connectivity index (χ0v) is 11.4. The number of fused-ring (bicyclic) bond motifs is 1. The summed E-state index contributed by atoms with van der Waals surface area (Å²) in [5, 5.41) is 1.22. The average Bonchev–Trinajstić information content (AvgIpc) is 2.79. The van der Waals surface area contributed by atoms with E-state index in [9.17, 15) is 0 Å². The van der Waals surface area contributed by atoms with E-state index in [1.807, 2.05) is 12.3 Å². The van der Waals surface area contributed by atoms with Gasteiger partial charge in [0.2, 0.25) is 0 Å². The molecule has 0 saturated carbocycles. The van der Waals surface area contributed by atoms with Crippen molar-refractivity contribution in [3.05, 3.63) is 42.1 Å². The van der Waals surface area contributed by atoms with E-state index in [4.69, 9.17) is 5.73 Å². The highest BCUT2D eigenvalue weighted by molar-refractivity contribution is 5.78. The first-order chi connectivity index (χ1) is 9.28. The highest BCUT2D eigenvalue weighted by atomic mass is 15.2. The summed E-state index contributed by atoms with van der Waals surface area (Å²) in [6.07, 6.45) is 3.10. The summed E-state index contributed by atoms with van der Waals surface area (Å²) in [6, 6.07) is 11.2. The Morgan fingerprint density at radius 2 is 2.26 bits per heavy atom. The molecule has 2 atom stereocenters. The van der Waals surface area contributed by atoms with Crippen LogP contribution in [0.4, 0.5) is 0 Å². The zero-order chi connectivity index (χ0) is 13.2. The Bertz CT molecular complexity index is 567. The Morgan fingerprint density at radius 1 is 1.37 bits per heavy atom. The maximum Gasteiger partial charge on any atom is 0.0702 e. The third-order valence-electron chi connectivity index (χ3n) is 4.29. The molecule has 1 saturated heterocycles. The van der Waals surface area contributed by atoms with Crippen LogP contribution in [0.25, 0.3) is 10.9 Å². The molecule has 3 heteroatoms. The van der Waals surface area contributed by atoms with Gasteiger partial charge in [0.25, 0.3) is 0 Å².